The third-order valence-corrected chi connectivity index (χ3v) is 5.49. The minimum atomic E-state index is -0.310. The molecule has 2 heterocycles. The van der Waals surface area contributed by atoms with Gasteiger partial charge in [0.05, 0.1) is 22.0 Å². The number of aromatic nitrogens is 2. The van der Waals surface area contributed by atoms with Crippen molar-refractivity contribution in [2.24, 2.45) is 5.92 Å². The number of fused-ring (bicyclic) bond motifs is 2. The van der Waals surface area contributed by atoms with E-state index in [-0.39, 0.29) is 23.7 Å². The monoisotopic (exact) mass is 367 g/mol. The highest BCUT2D eigenvalue weighted by Crippen LogP contribution is 2.29. The summed E-state index contributed by atoms with van der Waals surface area (Å²) in [7, 11) is 0. The van der Waals surface area contributed by atoms with E-state index < -0.39 is 0 Å². The third-order valence-electron chi connectivity index (χ3n) is 4.39. The fourth-order valence-corrected chi connectivity index (χ4v) is 4.00. The Kier molecular flexibility index (Phi) is 4.20. The topological polar surface area (TPSA) is 57.8 Å². The van der Waals surface area contributed by atoms with Crippen molar-refractivity contribution in [1.29, 1.82) is 0 Å². The van der Waals surface area contributed by atoms with Crippen LogP contribution in [0.2, 0.25) is 0 Å². The second kappa shape index (κ2) is 6.53. The van der Waals surface area contributed by atoms with Crippen molar-refractivity contribution in [3.8, 4) is 0 Å². The zero-order valence-electron chi connectivity index (χ0n) is 14.4. The summed E-state index contributed by atoms with van der Waals surface area (Å²) in [6, 6.07) is 14.0. The number of aromatic amines is 1. The van der Waals surface area contributed by atoms with Crippen LogP contribution in [0.25, 0.3) is 21.1 Å². The summed E-state index contributed by atoms with van der Waals surface area (Å²) in [6.45, 7) is 4.06. The maximum Gasteiger partial charge on any atom is 0.261 e. The molecule has 0 bridgehead atoms. The zero-order valence-corrected chi connectivity index (χ0v) is 15.2. The quantitative estimate of drug-likeness (QED) is 0.531. The first-order valence-electron chi connectivity index (χ1n) is 8.46. The molecule has 132 valence electrons. The van der Waals surface area contributed by atoms with E-state index >= 15 is 0 Å². The van der Waals surface area contributed by atoms with Gasteiger partial charge in [-0.15, -0.1) is 11.3 Å². The van der Waals surface area contributed by atoms with Crippen LogP contribution in [0.5, 0.6) is 0 Å². The van der Waals surface area contributed by atoms with Gasteiger partial charge in [0.25, 0.3) is 5.91 Å². The average molecular weight is 367 g/mol. The number of hydrogen-bond donors (Lipinski definition) is 2. The van der Waals surface area contributed by atoms with Gasteiger partial charge in [0, 0.05) is 10.1 Å². The van der Waals surface area contributed by atoms with Crippen molar-refractivity contribution < 1.29 is 9.18 Å². The number of carbonyl (C=O) groups excluding carboxylic acids is 1. The molecule has 6 heteroatoms. The number of benzene rings is 2. The fraction of sp³-hybridized carbons (Fsp3) is 0.200. The predicted molar refractivity (Wildman–Crippen MR) is 103 cm³/mol. The highest BCUT2D eigenvalue weighted by Gasteiger charge is 2.23. The molecule has 0 unspecified atom stereocenters. The number of nitrogens with zero attached hydrogens (tertiary/aromatic N) is 1. The molecule has 2 aromatic heterocycles. The van der Waals surface area contributed by atoms with E-state index in [4.69, 9.17) is 0 Å². The number of para-hydroxylation sites is 2. The van der Waals surface area contributed by atoms with Gasteiger partial charge in [0.2, 0.25) is 0 Å². The highest BCUT2D eigenvalue weighted by atomic mass is 32.1. The van der Waals surface area contributed by atoms with Crippen molar-refractivity contribution in [3.63, 3.8) is 0 Å². The van der Waals surface area contributed by atoms with E-state index in [1.807, 2.05) is 44.2 Å². The van der Waals surface area contributed by atoms with Crippen molar-refractivity contribution in [2.75, 3.05) is 0 Å². The van der Waals surface area contributed by atoms with Gasteiger partial charge in [-0.1, -0.05) is 32.0 Å². The smallest absolute Gasteiger partial charge is 0.261 e. The lowest BCUT2D eigenvalue weighted by Gasteiger charge is -2.19. The molecule has 26 heavy (non-hydrogen) atoms. The second-order valence-electron chi connectivity index (χ2n) is 6.60. The molecule has 0 spiro atoms. The van der Waals surface area contributed by atoms with Gasteiger partial charge >= 0.3 is 0 Å². The summed E-state index contributed by atoms with van der Waals surface area (Å²) in [5, 5.41) is 3.52. The van der Waals surface area contributed by atoms with Gasteiger partial charge in [-0.25, -0.2) is 9.37 Å². The lowest BCUT2D eigenvalue weighted by molar-refractivity contribution is 0.0927. The molecular weight excluding hydrogens is 349 g/mol. The Morgan fingerprint density at radius 2 is 2.00 bits per heavy atom. The van der Waals surface area contributed by atoms with Crippen LogP contribution in [0.1, 0.15) is 35.4 Å². The van der Waals surface area contributed by atoms with Crippen molar-refractivity contribution in [1.82, 2.24) is 15.3 Å². The maximum absolute atomic E-state index is 13.9. The molecule has 0 fully saturated rings. The molecule has 4 nitrogen and oxygen atoms in total. The minimum Gasteiger partial charge on any atom is -0.341 e. The molecule has 0 aliphatic carbocycles. The first kappa shape index (κ1) is 16.7. The van der Waals surface area contributed by atoms with Crippen molar-refractivity contribution >= 4 is 38.4 Å². The number of H-pyrrole nitrogens is 1. The summed E-state index contributed by atoms with van der Waals surface area (Å²) < 4.78 is 14.7. The molecule has 0 aliphatic heterocycles. The summed E-state index contributed by atoms with van der Waals surface area (Å²) in [5.41, 5.74) is 1.80. The van der Waals surface area contributed by atoms with Crippen molar-refractivity contribution in [3.05, 3.63) is 65.0 Å². The number of thiophene rings is 1. The SMILES string of the molecule is CC(C)[C@H](NC(=O)c1cc2c(F)cccc2s1)c1nc2ccccc2[nH]1. The van der Waals surface area contributed by atoms with Crippen LogP contribution >= 0.6 is 11.3 Å². The van der Waals surface area contributed by atoms with Crippen LogP contribution < -0.4 is 5.32 Å². The predicted octanol–water partition coefficient (Wildman–Crippen LogP) is 5.04. The number of imidazole rings is 1. The third kappa shape index (κ3) is 2.97. The molecule has 1 amide bonds. The Hall–Kier alpha value is -2.73. The molecule has 0 saturated carbocycles. The summed E-state index contributed by atoms with van der Waals surface area (Å²) in [4.78, 5) is 21.2. The summed E-state index contributed by atoms with van der Waals surface area (Å²) in [5.74, 6) is 0.340. The fourth-order valence-electron chi connectivity index (χ4n) is 3.02. The Balaban J connectivity index is 1.65. The van der Waals surface area contributed by atoms with Crippen LogP contribution in [0.4, 0.5) is 4.39 Å². The molecule has 4 aromatic rings. The van der Waals surface area contributed by atoms with E-state index in [0.29, 0.717) is 10.3 Å². The minimum absolute atomic E-state index is 0.144. The van der Waals surface area contributed by atoms with Crippen LogP contribution in [-0.4, -0.2) is 15.9 Å². The van der Waals surface area contributed by atoms with Crippen LogP contribution in [0.3, 0.4) is 0 Å². The number of amides is 1. The van der Waals surface area contributed by atoms with E-state index in [2.05, 4.69) is 15.3 Å². The molecule has 0 radical (unpaired) electrons. The lowest BCUT2D eigenvalue weighted by Crippen LogP contribution is -2.32. The Morgan fingerprint density at radius 1 is 1.19 bits per heavy atom. The standard InChI is InChI=1S/C20H18FN3OS/c1-11(2)18(19-22-14-7-3-4-8-15(14)23-19)24-20(25)17-10-12-13(21)6-5-9-16(12)26-17/h3-11,18H,1-2H3,(H,22,23)(H,24,25)/t18-/m0/s1. The van der Waals surface area contributed by atoms with Gasteiger partial charge < -0.3 is 10.3 Å². The summed E-state index contributed by atoms with van der Waals surface area (Å²) in [6.07, 6.45) is 0. The van der Waals surface area contributed by atoms with E-state index in [9.17, 15) is 9.18 Å². The van der Waals surface area contributed by atoms with Crippen molar-refractivity contribution in [2.45, 2.75) is 19.9 Å². The highest BCUT2D eigenvalue weighted by molar-refractivity contribution is 7.20. The van der Waals surface area contributed by atoms with Gasteiger partial charge in [-0.05, 0) is 36.2 Å². The maximum atomic E-state index is 13.9. The molecule has 2 aromatic carbocycles. The Bertz CT molecular complexity index is 1070. The van der Waals surface area contributed by atoms with Crippen LogP contribution in [0.15, 0.2) is 48.5 Å². The normalized spacial score (nSPS) is 12.8. The molecule has 1 atom stereocenters. The molecule has 0 aliphatic rings. The summed E-state index contributed by atoms with van der Waals surface area (Å²) >= 11 is 1.29. The number of rotatable bonds is 4. The first-order valence-corrected chi connectivity index (χ1v) is 9.28. The van der Waals surface area contributed by atoms with Crippen LogP contribution in [-0.2, 0) is 0 Å². The van der Waals surface area contributed by atoms with Gasteiger partial charge in [0.15, 0.2) is 0 Å². The second-order valence-corrected chi connectivity index (χ2v) is 7.68. The molecule has 0 saturated heterocycles. The van der Waals surface area contributed by atoms with E-state index in [0.717, 1.165) is 21.6 Å². The largest absolute Gasteiger partial charge is 0.341 e. The number of nitrogens with one attached hydrogen (secondary N) is 2. The average Bonchev–Trinajstić information content (AvgIpc) is 3.23. The first-order chi connectivity index (χ1) is 12.5. The Labute approximate surface area is 154 Å². The van der Waals surface area contributed by atoms with E-state index in [1.165, 1.54) is 17.4 Å². The number of carbonyl (C=O) groups is 1. The molecular formula is C20H18FN3OS. The van der Waals surface area contributed by atoms with Gasteiger partial charge in [-0.2, -0.15) is 0 Å². The Morgan fingerprint density at radius 3 is 2.73 bits per heavy atom. The van der Waals surface area contributed by atoms with E-state index in [1.54, 1.807) is 12.1 Å². The molecule has 4 rings (SSSR count). The number of halogens is 1. The van der Waals surface area contributed by atoms with Gasteiger partial charge in [0.1, 0.15) is 11.6 Å². The zero-order chi connectivity index (χ0) is 18.3. The number of hydrogen-bond acceptors (Lipinski definition) is 3. The molecule has 2 N–H and O–H groups in total. The lowest BCUT2D eigenvalue weighted by atomic mass is 10.0. The van der Waals surface area contributed by atoms with Gasteiger partial charge in [-0.3, -0.25) is 4.79 Å². The van der Waals surface area contributed by atoms with Crippen LogP contribution in [0, 0.1) is 11.7 Å².